The number of benzene rings is 2. The number of carbonyl (C=O) groups is 2. The summed E-state index contributed by atoms with van der Waals surface area (Å²) in [6.07, 6.45) is 2.11. The number of hydrogen-bond acceptors (Lipinski definition) is 7. The Bertz CT molecular complexity index is 1270. The van der Waals surface area contributed by atoms with Crippen LogP contribution in [0, 0.1) is 5.82 Å². The van der Waals surface area contributed by atoms with E-state index in [-0.39, 0.29) is 19.0 Å². The average molecular weight is 569 g/mol. The molecule has 41 heavy (non-hydrogen) atoms. The second-order valence-electron chi connectivity index (χ2n) is 9.65. The van der Waals surface area contributed by atoms with Gasteiger partial charge in [0.05, 0.1) is 40.2 Å². The van der Waals surface area contributed by atoms with Gasteiger partial charge in [0, 0.05) is 38.4 Å². The van der Waals surface area contributed by atoms with Crippen molar-refractivity contribution < 1.29 is 32.6 Å². The number of nitrogens with zero attached hydrogens (tertiary/aromatic N) is 3. The number of furan rings is 1. The molecule has 2 aromatic carbocycles. The minimum atomic E-state index is -0.477. The predicted octanol–water partition coefficient (Wildman–Crippen LogP) is 3.87. The third-order valence-electron chi connectivity index (χ3n) is 6.88. The average Bonchev–Trinajstić information content (AvgIpc) is 3.51. The van der Waals surface area contributed by atoms with Gasteiger partial charge in [0.1, 0.15) is 18.1 Å². The molecular weight excluding hydrogens is 531 g/mol. The highest BCUT2D eigenvalue weighted by atomic mass is 19.1. The molecule has 1 aliphatic heterocycles. The van der Waals surface area contributed by atoms with Gasteiger partial charge >= 0.3 is 6.03 Å². The number of amides is 3. The minimum absolute atomic E-state index is 0.155. The SMILES string of the molecule is COc1ccc(CCN(Cc2ccco2)C(=O)CN(CCN2CCOCC2)C(=O)Nc2cccc(F)c2)cc1OC. The van der Waals surface area contributed by atoms with E-state index in [4.69, 9.17) is 18.6 Å². The maximum absolute atomic E-state index is 13.8. The minimum Gasteiger partial charge on any atom is -0.493 e. The molecule has 1 aliphatic rings. The van der Waals surface area contributed by atoms with Crippen LogP contribution in [-0.4, -0.2) is 93.3 Å². The normalized spacial score (nSPS) is 13.4. The van der Waals surface area contributed by atoms with Gasteiger partial charge in [-0.15, -0.1) is 0 Å². The molecule has 1 aromatic heterocycles. The van der Waals surface area contributed by atoms with E-state index in [9.17, 15) is 14.0 Å². The fourth-order valence-corrected chi connectivity index (χ4v) is 4.55. The van der Waals surface area contributed by atoms with Crippen LogP contribution < -0.4 is 14.8 Å². The summed E-state index contributed by atoms with van der Waals surface area (Å²) in [5.41, 5.74) is 1.28. The first-order chi connectivity index (χ1) is 19.9. The first kappa shape index (κ1) is 29.9. The summed E-state index contributed by atoms with van der Waals surface area (Å²) in [6.45, 7) is 4.14. The van der Waals surface area contributed by atoms with Crippen LogP contribution in [0.15, 0.2) is 65.3 Å². The number of halogens is 1. The van der Waals surface area contributed by atoms with Crippen molar-refractivity contribution >= 4 is 17.6 Å². The van der Waals surface area contributed by atoms with Gasteiger partial charge in [-0.1, -0.05) is 12.1 Å². The molecule has 10 nitrogen and oxygen atoms in total. The molecule has 0 atom stereocenters. The van der Waals surface area contributed by atoms with Crippen molar-refractivity contribution in [2.75, 3.05) is 72.0 Å². The first-order valence-electron chi connectivity index (χ1n) is 13.6. The second kappa shape index (κ2) is 15.1. The van der Waals surface area contributed by atoms with Crippen molar-refractivity contribution in [1.29, 1.82) is 0 Å². The number of anilines is 1. The molecule has 1 saturated heterocycles. The molecule has 0 radical (unpaired) electrons. The molecule has 220 valence electrons. The predicted molar refractivity (Wildman–Crippen MR) is 152 cm³/mol. The molecule has 0 bridgehead atoms. The number of nitrogens with one attached hydrogen (secondary N) is 1. The molecule has 3 amide bonds. The first-order valence-corrected chi connectivity index (χ1v) is 13.6. The van der Waals surface area contributed by atoms with E-state index in [0.29, 0.717) is 62.2 Å². The monoisotopic (exact) mass is 568 g/mol. The largest absolute Gasteiger partial charge is 0.493 e. The number of hydrogen-bond donors (Lipinski definition) is 1. The fraction of sp³-hybridized carbons (Fsp3) is 0.400. The zero-order valence-corrected chi connectivity index (χ0v) is 23.5. The van der Waals surface area contributed by atoms with Gasteiger partial charge in [-0.25, -0.2) is 9.18 Å². The van der Waals surface area contributed by atoms with E-state index in [1.165, 1.54) is 23.1 Å². The summed E-state index contributed by atoms with van der Waals surface area (Å²) in [7, 11) is 3.16. The Balaban J connectivity index is 1.48. The molecule has 1 N–H and O–H groups in total. The van der Waals surface area contributed by atoms with Gasteiger partial charge in [0.2, 0.25) is 5.91 Å². The van der Waals surface area contributed by atoms with Crippen molar-refractivity contribution in [3.8, 4) is 11.5 Å². The lowest BCUT2D eigenvalue weighted by Crippen LogP contribution is -2.48. The van der Waals surface area contributed by atoms with E-state index in [2.05, 4.69) is 10.2 Å². The number of urea groups is 1. The van der Waals surface area contributed by atoms with Crippen LogP contribution in [0.3, 0.4) is 0 Å². The molecule has 3 aromatic rings. The quantitative estimate of drug-likeness (QED) is 0.334. The molecular formula is C30H37FN4O6. The Labute approximate surface area is 239 Å². The van der Waals surface area contributed by atoms with E-state index >= 15 is 0 Å². The van der Waals surface area contributed by atoms with Crippen LogP contribution in [0.25, 0.3) is 0 Å². The number of carbonyl (C=O) groups excluding carboxylic acids is 2. The summed E-state index contributed by atoms with van der Waals surface area (Å²) in [5, 5.41) is 2.73. The number of morpholine rings is 1. The van der Waals surface area contributed by atoms with Gasteiger partial charge in [0.25, 0.3) is 0 Å². The van der Waals surface area contributed by atoms with Gasteiger partial charge in [-0.05, 0) is 54.4 Å². The molecule has 2 heterocycles. The summed E-state index contributed by atoms with van der Waals surface area (Å²) in [4.78, 5) is 32.4. The van der Waals surface area contributed by atoms with E-state index < -0.39 is 11.8 Å². The zero-order valence-electron chi connectivity index (χ0n) is 23.5. The van der Waals surface area contributed by atoms with Gasteiger partial charge in [-0.2, -0.15) is 0 Å². The van der Waals surface area contributed by atoms with Crippen molar-refractivity contribution in [3.63, 3.8) is 0 Å². The topological polar surface area (TPSA) is 96.7 Å². The van der Waals surface area contributed by atoms with Crippen molar-refractivity contribution in [3.05, 3.63) is 78.0 Å². The number of methoxy groups -OCH3 is 2. The van der Waals surface area contributed by atoms with Crippen LogP contribution in [0.5, 0.6) is 11.5 Å². The molecule has 0 saturated carbocycles. The fourth-order valence-electron chi connectivity index (χ4n) is 4.55. The lowest BCUT2D eigenvalue weighted by molar-refractivity contribution is -0.132. The summed E-state index contributed by atoms with van der Waals surface area (Å²) < 4.78 is 35.5. The van der Waals surface area contributed by atoms with Crippen LogP contribution in [0.2, 0.25) is 0 Å². The molecule has 0 unspecified atom stereocenters. The van der Waals surface area contributed by atoms with E-state index in [1.54, 1.807) is 37.5 Å². The summed E-state index contributed by atoms with van der Waals surface area (Å²) in [5.74, 6) is 1.17. The molecule has 1 fully saturated rings. The van der Waals surface area contributed by atoms with Crippen molar-refractivity contribution in [1.82, 2.24) is 14.7 Å². The van der Waals surface area contributed by atoms with Crippen molar-refractivity contribution in [2.45, 2.75) is 13.0 Å². The Morgan fingerprint density at radius 2 is 1.78 bits per heavy atom. The lowest BCUT2D eigenvalue weighted by Gasteiger charge is -2.31. The second-order valence-corrected chi connectivity index (χ2v) is 9.65. The number of rotatable bonds is 13. The Kier molecular flexibility index (Phi) is 11.0. The van der Waals surface area contributed by atoms with Crippen LogP contribution >= 0.6 is 0 Å². The van der Waals surface area contributed by atoms with Crippen LogP contribution in [-0.2, 0) is 22.5 Å². The Morgan fingerprint density at radius 1 is 0.976 bits per heavy atom. The zero-order chi connectivity index (χ0) is 29.0. The van der Waals surface area contributed by atoms with Gasteiger partial charge < -0.3 is 33.7 Å². The maximum atomic E-state index is 13.8. The Morgan fingerprint density at radius 3 is 2.49 bits per heavy atom. The smallest absolute Gasteiger partial charge is 0.322 e. The molecule has 4 rings (SSSR count). The summed E-state index contributed by atoms with van der Waals surface area (Å²) >= 11 is 0. The highest BCUT2D eigenvalue weighted by Crippen LogP contribution is 2.28. The van der Waals surface area contributed by atoms with Crippen LogP contribution in [0.4, 0.5) is 14.9 Å². The van der Waals surface area contributed by atoms with Crippen molar-refractivity contribution in [2.24, 2.45) is 0 Å². The van der Waals surface area contributed by atoms with E-state index in [1.807, 2.05) is 24.3 Å². The maximum Gasteiger partial charge on any atom is 0.322 e. The van der Waals surface area contributed by atoms with E-state index in [0.717, 1.165) is 18.7 Å². The molecule has 0 spiro atoms. The highest BCUT2D eigenvalue weighted by Gasteiger charge is 2.24. The molecule has 0 aliphatic carbocycles. The molecule has 11 heteroatoms. The summed E-state index contributed by atoms with van der Waals surface area (Å²) in [6, 6.07) is 14.4. The van der Waals surface area contributed by atoms with Gasteiger partial charge in [0.15, 0.2) is 11.5 Å². The van der Waals surface area contributed by atoms with Crippen LogP contribution in [0.1, 0.15) is 11.3 Å². The third kappa shape index (κ3) is 8.95. The Hall–Kier alpha value is -4.09. The lowest BCUT2D eigenvalue weighted by atomic mass is 10.1. The third-order valence-corrected chi connectivity index (χ3v) is 6.88. The highest BCUT2D eigenvalue weighted by molar-refractivity contribution is 5.92. The number of ether oxygens (including phenoxy) is 3. The van der Waals surface area contributed by atoms with Gasteiger partial charge in [-0.3, -0.25) is 9.69 Å². The standard InChI is InChI=1S/C30H37FN4O6/c1-38-27-9-8-23(19-28(27)39-2)10-11-34(21-26-7-4-16-41-26)29(36)22-35(13-12-33-14-17-40-18-15-33)30(37)32-25-6-3-5-24(31)20-25/h3-9,16,19-20H,10-15,17-18,21-22H2,1-2H3,(H,32,37).